The van der Waals surface area contributed by atoms with Crippen LogP contribution in [0.2, 0.25) is 0 Å². The molecule has 1 amide bonds. The van der Waals surface area contributed by atoms with E-state index in [4.69, 9.17) is 0 Å². The van der Waals surface area contributed by atoms with Gasteiger partial charge in [0.1, 0.15) is 6.33 Å². The molecule has 7 nitrogen and oxygen atoms in total. The average molecular weight is 284 g/mol. The van der Waals surface area contributed by atoms with Crippen LogP contribution in [0.3, 0.4) is 0 Å². The molecule has 2 heterocycles. The first-order valence-corrected chi connectivity index (χ1v) is 5.99. The molecule has 0 radical (unpaired) electrons. The summed E-state index contributed by atoms with van der Waals surface area (Å²) in [5, 5.41) is 13.5. The zero-order valence-corrected chi connectivity index (χ0v) is 10.6. The van der Waals surface area contributed by atoms with Gasteiger partial charge in [-0.2, -0.15) is 4.39 Å². The van der Waals surface area contributed by atoms with Crippen molar-refractivity contribution in [3.05, 3.63) is 60.4 Å². The summed E-state index contributed by atoms with van der Waals surface area (Å²) in [4.78, 5) is 15.4. The van der Waals surface area contributed by atoms with Gasteiger partial charge in [-0.3, -0.25) is 4.79 Å². The lowest BCUT2D eigenvalue weighted by molar-refractivity contribution is 0.102. The third-order valence-corrected chi connectivity index (χ3v) is 2.73. The fourth-order valence-electron chi connectivity index (χ4n) is 1.69. The van der Waals surface area contributed by atoms with E-state index in [0.29, 0.717) is 5.69 Å². The van der Waals surface area contributed by atoms with E-state index in [0.717, 1.165) is 11.8 Å². The van der Waals surface area contributed by atoms with Crippen LogP contribution in [0.4, 0.5) is 10.1 Å². The van der Waals surface area contributed by atoms with Crippen molar-refractivity contribution in [3.63, 3.8) is 0 Å². The lowest BCUT2D eigenvalue weighted by Gasteiger charge is -2.06. The number of pyridine rings is 1. The second-order valence-electron chi connectivity index (χ2n) is 4.12. The number of hydrogen-bond donors (Lipinski definition) is 1. The summed E-state index contributed by atoms with van der Waals surface area (Å²) in [6.45, 7) is 0. The zero-order valence-electron chi connectivity index (χ0n) is 10.6. The van der Waals surface area contributed by atoms with Gasteiger partial charge in [-0.15, -0.1) is 5.10 Å². The molecule has 8 heteroatoms. The predicted molar refractivity (Wildman–Crippen MR) is 71.3 cm³/mol. The van der Waals surface area contributed by atoms with Crippen LogP contribution in [0.5, 0.6) is 0 Å². The van der Waals surface area contributed by atoms with E-state index in [1.54, 1.807) is 24.3 Å². The number of anilines is 1. The van der Waals surface area contributed by atoms with Crippen LogP contribution in [-0.4, -0.2) is 31.1 Å². The minimum absolute atomic E-state index is 0.279. The number of carbonyl (C=O) groups excluding carboxylic acids is 1. The smallest absolute Gasteiger partial charge is 0.257 e. The molecule has 104 valence electrons. The third-order valence-electron chi connectivity index (χ3n) is 2.73. The summed E-state index contributed by atoms with van der Waals surface area (Å²) < 4.78 is 14.2. The number of benzene rings is 1. The molecule has 0 bridgehead atoms. The van der Waals surface area contributed by atoms with Gasteiger partial charge in [0.15, 0.2) is 0 Å². The Kier molecular flexibility index (Phi) is 3.34. The van der Waals surface area contributed by atoms with Crippen LogP contribution in [0, 0.1) is 5.95 Å². The molecule has 0 spiro atoms. The van der Waals surface area contributed by atoms with Crippen LogP contribution >= 0.6 is 0 Å². The van der Waals surface area contributed by atoms with E-state index in [-0.39, 0.29) is 11.5 Å². The Morgan fingerprint density at radius 1 is 1.14 bits per heavy atom. The molecular formula is C13H9FN6O. The van der Waals surface area contributed by atoms with Crippen molar-refractivity contribution in [1.82, 2.24) is 25.2 Å². The maximum absolute atomic E-state index is 12.7. The van der Waals surface area contributed by atoms with Crippen molar-refractivity contribution in [2.24, 2.45) is 0 Å². The number of rotatable bonds is 3. The highest BCUT2D eigenvalue weighted by Gasteiger charge is 2.07. The van der Waals surface area contributed by atoms with Crippen molar-refractivity contribution >= 4 is 11.6 Å². The number of amides is 1. The molecule has 0 unspecified atom stereocenters. The Hall–Kier alpha value is -3.16. The Morgan fingerprint density at radius 3 is 2.57 bits per heavy atom. The zero-order chi connectivity index (χ0) is 14.7. The van der Waals surface area contributed by atoms with Gasteiger partial charge in [-0.25, -0.2) is 9.67 Å². The number of carbonyl (C=O) groups is 1. The normalized spacial score (nSPS) is 10.3. The molecule has 21 heavy (non-hydrogen) atoms. The van der Waals surface area contributed by atoms with Crippen LogP contribution in [0.15, 0.2) is 48.9 Å². The van der Waals surface area contributed by atoms with Crippen LogP contribution in [0.25, 0.3) is 5.69 Å². The number of nitrogens with one attached hydrogen (secondary N) is 1. The van der Waals surface area contributed by atoms with Gasteiger partial charge < -0.3 is 5.32 Å². The Balaban J connectivity index is 1.73. The first kappa shape index (κ1) is 12.9. The van der Waals surface area contributed by atoms with E-state index < -0.39 is 5.95 Å². The second-order valence-corrected chi connectivity index (χ2v) is 4.12. The van der Waals surface area contributed by atoms with Gasteiger partial charge in [-0.1, -0.05) is 0 Å². The van der Waals surface area contributed by atoms with E-state index in [2.05, 4.69) is 25.8 Å². The Bertz CT molecular complexity index is 739. The number of hydrogen-bond acceptors (Lipinski definition) is 5. The molecule has 0 aliphatic rings. The number of aromatic nitrogens is 5. The van der Waals surface area contributed by atoms with Crippen LogP contribution in [-0.2, 0) is 0 Å². The van der Waals surface area contributed by atoms with Crippen molar-refractivity contribution in [2.45, 2.75) is 0 Å². The molecule has 0 fully saturated rings. The summed E-state index contributed by atoms with van der Waals surface area (Å²) in [5.41, 5.74) is 1.64. The van der Waals surface area contributed by atoms with E-state index >= 15 is 0 Å². The molecular weight excluding hydrogens is 275 g/mol. The summed E-state index contributed by atoms with van der Waals surface area (Å²) >= 11 is 0. The number of tetrazole rings is 1. The van der Waals surface area contributed by atoms with Gasteiger partial charge in [-0.05, 0) is 46.8 Å². The standard InChI is InChI=1S/C13H9FN6O/c14-12-6-1-9(7-15-12)13(21)17-10-2-4-11(5-3-10)20-8-16-18-19-20/h1-8H,(H,17,21). The van der Waals surface area contributed by atoms with E-state index in [1.165, 1.54) is 23.3 Å². The largest absolute Gasteiger partial charge is 0.322 e. The molecule has 0 atom stereocenters. The Morgan fingerprint density at radius 2 is 1.95 bits per heavy atom. The lowest BCUT2D eigenvalue weighted by atomic mass is 10.2. The SMILES string of the molecule is O=C(Nc1ccc(-n2cnnn2)cc1)c1ccc(F)nc1. The van der Waals surface area contributed by atoms with Crippen molar-refractivity contribution in [1.29, 1.82) is 0 Å². The summed E-state index contributed by atoms with van der Waals surface area (Å²) in [6, 6.07) is 9.45. The minimum atomic E-state index is -0.627. The minimum Gasteiger partial charge on any atom is -0.322 e. The summed E-state index contributed by atoms with van der Waals surface area (Å²) in [5.74, 6) is -0.991. The van der Waals surface area contributed by atoms with Crippen LogP contribution < -0.4 is 5.32 Å². The first-order valence-electron chi connectivity index (χ1n) is 5.99. The fraction of sp³-hybridized carbons (Fsp3) is 0. The van der Waals surface area contributed by atoms with Gasteiger partial charge in [0.25, 0.3) is 5.91 Å². The highest BCUT2D eigenvalue weighted by atomic mass is 19.1. The van der Waals surface area contributed by atoms with Gasteiger partial charge in [0.2, 0.25) is 5.95 Å². The molecule has 0 saturated carbocycles. The summed E-state index contributed by atoms with van der Waals surface area (Å²) in [6.07, 6.45) is 2.65. The highest BCUT2D eigenvalue weighted by molar-refractivity contribution is 6.04. The van der Waals surface area contributed by atoms with Crippen molar-refractivity contribution < 1.29 is 9.18 Å². The summed E-state index contributed by atoms with van der Waals surface area (Å²) in [7, 11) is 0. The quantitative estimate of drug-likeness (QED) is 0.736. The van der Waals surface area contributed by atoms with Gasteiger partial charge in [0, 0.05) is 11.9 Å². The van der Waals surface area contributed by atoms with Gasteiger partial charge in [0.05, 0.1) is 11.3 Å². The maximum Gasteiger partial charge on any atom is 0.257 e. The van der Waals surface area contributed by atoms with Gasteiger partial charge >= 0.3 is 0 Å². The van der Waals surface area contributed by atoms with E-state index in [9.17, 15) is 9.18 Å². The molecule has 0 aliphatic heterocycles. The monoisotopic (exact) mass is 284 g/mol. The number of nitrogens with zero attached hydrogens (tertiary/aromatic N) is 5. The first-order chi connectivity index (χ1) is 10.2. The maximum atomic E-state index is 12.7. The molecule has 3 aromatic rings. The third kappa shape index (κ3) is 2.89. The van der Waals surface area contributed by atoms with E-state index in [1.807, 2.05) is 0 Å². The topological polar surface area (TPSA) is 85.6 Å². The van der Waals surface area contributed by atoms with Crippen molar-refractivity contribution in [2.75, 3.05) is 5.32 Å². The number of halogens is 1. The average Bonchev–Trinajstić information content (AvgIpc) is 3.03. The molecule has 2 aromatic heterocycles. The predicted octanol–water partition coefficient (Wildman–Crippen LogP) is 1.45. The van der Waals surface area contributed by atoms with Crippen LogP contribution in [0.1, 0.15) is 10.4 Å². The fourth-order valence-corrected chi connectivity index (χ4v) is 1.69. The molecule has 1 aromatic carbocycles. The molecule has 0 aliphatic carbocycles. The van der Waals surface area contributed by atoms with Crippen molar-refractivity contribution in [3.8, 4) is 5.69 Å². The lowest BCUT2D eigenvalue weighted by Crippen LogP contribution is -2.12. The highest BCUT2D eigenvalue weighted by Crippen LogP contribution is 2.13. The molecule has 1 N–H and O–H groups in total. The molecule has 0 saturated heterocycles. The second kappa shape index (κ2) is 5.45. The molecule has 3 rings (SSSR count). The Labute approximate surface area is 118 Å².